The van der Waals surface area contributed by atoms with E-state index >= 15 is 0 Å². The van der Waals surface area contributed by atoms with Gasteiger partial charge in [-0.3, -0.25) is 0 Å². The molecule has 2 aromatic heterocycles. The first-order chi connectivity index (χ1) is 15.1. The van der Waals surface area contributed by atoms with Crippen molar-refractivity contribution in [2.75, 3.05) is 19.5 Å². The van der Waals surface area contributed by atoms with Crippen LogP contribution in [0.4, 0.5) is 6.01 Å². The van der Waals surface area contributed by atoms with Gasteiger partial charge in [-0.05, 0) is 35.9 Å². The molecule has 158 valence electrons. The van der Waals surface area contributed by atoms with Crippen molar-refractivity contribution in [1.82, 2.24) is 9.97 Å². The zero-order valence-electron chi connectivity index (χ0n) is 16.8. The molecule has 4 rings (SSSR count). The summed E-state index contributed by atoms with van der Waals surface area (Å²) in [6.45, 7) is 0.478. The Morgan fingerprint density at radius 2 is 1.84 bits per heavy atom. The Balaban J connectivity index is 1.48. The highest BCUT2D eigenvalue weighted by molar-refractivity contribution is 5.85. The minimum absolute atomic E-state index is 0.0973. The summed E-state index contributed by atoms with van der Waals surface area (Å²) in [5.74, 6) is 1.02. The summed E-state index contributed by atoms with van der Waals surface area (Å²) >= 11 is 0. The van der Waals surface area contributed by atoms with Crippen molar-refractivity contribution < 1.29 is 28.5 Å². The molecular formula is C22H19N3O6. The largest absolute Gasteiger partial charge is 0.493 e. The van der Waals surface area contributed by atoms with E-state index in [0.717, 1.165) is 5.56 Å². The second kappa shape index (κ2) is 8.62. The molecule has 0 spiro atoms. The van der Waals surface area contributed by atoms with Gasteiger partial charge in [0, 0.05) is 24.9 Å². The Morgan fingerprint density at radius 3 is 2.61 bits per heavy atom. The first-order valence-corrected chi connectivity index (χ1v) is 9.28. The Kier molecular flexibility index (Phi) is 5.57. The van der Waals surface area contributed by atoms with Gasteiger partial charge in [0.25, 0.3) is 6.01 Å². The fourth-order valence-corrected chi connectivity index (χ4v) is 2.94. The number of hydrogen-bond acceptors (Lipinski definition) is 8. The number of ether oxygens (including phenoxy) is 3. The lowest BCUT2D eigenvalue weighted by Crippen LogP contribution is -2.00. The van der Waals surface area contributed by atoms with Crippen molar-refractivity contribution in [2.45, 2.75) is 6.54 Å². The molecule has 9 nitrogen and oxygen atoms in total. The van der Waals surface area contributed by atoms with Crippen molar-refractivity contribution in [1.29, 1.82) is 0 Å². The van der Waals surface area contributed by atoms with E-state index < -0.39 is 5.97 Å². The van der Waals surface area contributed by atoms with Crippen LogP contribution in [0, 0.1) is 0 Å². The van der Waals surface area contributed by atoms with Crippen molar-refractivity contribution in [3.05, 3.63) is 66.0 Å². The van der Waals surface area contributed by atoms with E-state index in [1.165, 1.54) is 12.3 Å². The van der Waals surface area contributed by atoms with Gasteiger partial charge in [0.2, 0.25) is 0 Å². The zero-order valence-corrected chi connectivity index (χ0v) is 16.8. The summed E-state index contributed by atoms with van der Waals surface area (Å²) in [5.41, 5.74) is 2.05. The molecule has 0 aliphatic rings. The van der Waals surface area contributed by atoms with E-state index in [9.17, 15) is 4.79 Å². The molecule has 0 saturated heterocycles. The van der Waals surface area contributed by atoms with E-state index in [0.29, 0.717) is 46.7 Å². The predicted octanol–water partition coefficient (Wildman–Crippen LogP) is 4.34. The molecule has 0 fully saturated rings. The average Bonchev–Trinajstić information content (AvgIpc) is 3.19. The van der Waals surface area contributed by atoms with Crippen LogP contribution in [0.3, 0.4) is 0 Å². The van der Waals surface area contributed by atoms with Gasteiger partial charge in [-0.1, -0.05) is 6.07 Å². The van der Waals surface area contributed by atoms with Crippen molar-refractivity contribution in [3.8, 4) is 23.0 Å². The van der Waals surface area contributed by atoms with Crippen LogP contribution in [0.5, 0.6) is 23.0 Å². The lowest BCUT2D eigenvalue weighted by Gasteiger charge is -2.09. The molecular weight excluding hydrogens is 402 g/mol. The maximum Gasteiger partial charge on any atom is 0.354 e. The molecule has 0 atom stereocenters. The van der Waals surface area contributed by atoms with Crippen LogP contribution in [0.15, 0.2) is 59.1 Å². The number of nitrogens with one attached hydrogen (secondary N) is 1. The molecule has 0 radical (unpaired) electrons. The first kappa shape index (κ1) is 20.0. The molecule has 0 aliphatic carbocycles. The number of anilines is 1. The van der Waals surface area contributed by atoms with Crippen LogP contribution < -0.4 is 19.5 Å². The predicted molar refractivity (Wildman–Crippen MR) is 112 cm³/mol. The average molecular weight is 421 g/mol. The second-order valence-corrected chi connectivity index (χ2v) is 6.48. The van der Waals surface area contributed by atoms with Crippen LogP contribution in [0.25, 0.3) is 11.1 Å². The summed E-state index contributed by atoms with van der Waals surface area (Å²) in [5, 5.41) is 12.2. The summed E-state index contributed by atoms with van der Waals surface area (Å²) in [4.78, 5) is 19.2. The quantitative estimate of drug-likeness (QED) is 0.428. The molecule has 0 aliphatic heterocycles. The topological polar surface area (TPSA) is 116 Å². The van der Waals surface area contributed by atoms with E-state index in [1.54, 1.807) is 38.5 Å². The number of methoxy groups -OCH3 is 2. The SMILES string of the molecule is COc1ccc(CNc2nc3ccc(Oc4ccnc(C(=O)O)c4)cc3o2)cc1OC. The Labute approximate surface area is 177 Å². The minimum atomic E-state index is -1.12. The lowest BCUT2D eigenvalue weighted by atomic mass is 10.2. The number of hydrogen-bond donors (Lipinski definition) is 2. The third-order valence-electron chi connectivity index (χ3n) is 4.44. The van der Waals surface area contributed by atoms with Crippen LogP contribution in [0.2, 0.25) is 0 Å². The van der Waals surface area contributed by atoms with Gasteiger partial charge in [-0.2, -0.15) is 4.98 Å². The highest BCUT2D eigenvalue weighted by Crippen LogP contribution is 2.29. The van der Waals surface area contributed by atoms with Crippen LogP contribution in [-0.4, -0.2) is 35.3 Å². The Bertz CT molecular complexity index is 1240. The Morgan fingerprint density at radius 1 is 1.03 bits per heavy atom. The third-order valence-corrected chi connectivity index (χ3v) is 4.44. The summed E-state index contributed by atoms with van der Waals surface area (Å²) < 4.78 is 22.1. The van der Waals surface area contributed by atoms with Gasteiger partial charge in [0.1, 0.15) is 17.0 Å². The van der Waals surface area contributed by atoms with Crippen LogP contribution >= 0.6 is 0 Å². The standard InChI is InChI=1S/C22H19N3O6/c1-28-18-6-3-13(9-20(18)29-2)12-24-22-25-16-5-4-14(11-19(16)31-22)30-15-7-8-23-17(10-15)21(26)27/h3-11H,12H2,1-2H3,(H,24,25)(H,26,27). The molecule has 31 heavy (non-hydrogen) atoms. The number of oxazole rings is 1. The fourth-order valence-electron chi connectivity index (χ4n) is 2.94. The van der Waals surface area contributed by atoms with Gasteiger partial charge in [0.05, 0.1) is 14.2 Å². The number of aromatic nitrogens is 2. The Hall–Kier alpha value is -4.27. The zero-order chi connectivity index (χ0) is 21.8. The summed E-state index contributed by atoms with van der Waals surface area (Å²) in [6, 6.07) is 14.1. The molecule has 2 aromatic carbocycles. The number of benzene rings is 2. The first-order valence-electron chi connectivity index (χ1n) is 9.28. The number of carboxylic acid groups (broad SMARTS) is 1. The highest BCUT2D eigenvalue weighted by Gasteiger charge is 2.10. The van der Waals surface area contributed by atoms with Gasteiger partial charge in [-0.15, -0.1) is 0 Å². The van der Waals surface area contributed by atoms with Gasteiger partial charge in [0.15, 0.2) is 22.8 Å². The molecule has 0 bridgehead atoms. The number of nitrogens with zero attached hydrogens (tertiary/aromatic N) is 2. The van der Waals surface area contributed by atoms with E-state index in [1.807, 2.05) is 18.2 Å². The minimum Gasteiger partial charge on any atom is -0.493 e. The van der Waals surface area contributed by atoms with Crippen molar-refractivity contribution in [3.63, 3.8) is 0 Å². The lowest BCUT2D eigenvalue weighted by molar-refractivity contribution is 0.0690. The number of carboxylic acids is 1. The monoisotopic (exact) mass is 421 g/mol. The van der Waals surface area contributed by atoms with Gasteiger partial charge in [-0.25, -0.2) is 9.78 Å². The molecule has 0 amide bonds. The smallest absolute Gasteiger partial charge is 0.354 e. The number of aromatic carboxylic acids is 1. The molecule has 0 saturated carbocycles. The van der Waals surface area contributed by atoms with E-state index in [2.05, 4.69) is 15.3 Å². The number of pyridine rings is 1. The van der Waals surface area contributed by atoms with Gasteiger partial charge >= 0.3 is 5.97 Å². The van der Waals surface area contributed by atoms with Gasteiger partial charge < -0.3 is 29.1 Å². The van der Waals surface area contributed by atoms with Crippen molar-refractivity contribution in [2.24, 2.45) is 0 Å². The normalized spacial score (nSPS) is 10.6. The number of rotatable bonds is 8. The number of fused-ring (bicyclic) bond motifs is 1. The molecule has 0 unspecified atom stereocenters. The van der Waals surface area contributed by atoms with Crippen LogP contribution in [0.1, 0.15) is 16.1 Å². The highest BCUT2D eigenvalue weighted by atomic mass is 16.5. The number of carbonyl (C=O) groups is 1. The molecule has 2 heterocycles. The second-order valence-electron chi connectivity index (χ2n) is 6.48. The molecule has 9 heteroatoms. The van der Waals surface area contributed by atoms with Crippen molar-refractivity contribution >= 4 is 23.1 Å². The molecule has 2 N–H and O–H groups in total. The fraction of sp³-hybridized carbons (Fsp3) is 0.136. The third kappa shape index (κ3) is 4.50. The molecule has 4 aromatic rings. The van der Waals surface area contributed by atoms with Crippen LogP contribution in [-0.2, 0) is 6.54 Å². The maximum atomic E-state index is 11.1. The van der Waals surface area contributed by atoms with E-state index in [-0.39, 0.29) is 5.69 Å². The summed E-state index contributed by atoms with van der Waals surface area (Å²) in [6.07, 6.45) is 1.38. The maximum absolute atomic E-state index is 11.1. The summed E-state index contributed by atoms with van der Waals surface area (Å²) in [7, 11) is 3.18. The van der Waals surface area contributed by atoms with E-state index in [4.69, 9.17) is 23.7 Å².